The Kier molecular flexibility index (Phi) is 4.33. The molecule has 90 valence electrons. The zero-order valence-corrected chi connectivity index (χ0v) is 9.12. The SMILES string of the molecule is COc1cc(F)c(O)c(CCON)c1OC. The highest BCUT2D eigenvalue weighted by atomic mass is 19.1. The molecule has 0 bridgehead atoms. The van der Waals surface area contributed by atoms with Crippen LogP contribution in [-0.2, 0) is 11.3 Å². The third-order valence-corrected chi connectivity index (χ3v) is 2.16. The van der Waals surface area contributed by atoms with Gasteiger partial charge >= 0.3 is 0 Å². The fourth-order valence-corrected chi connectivity index (χ4v) is 1.42. The maximum absolute atomic E-state index is 13.3. The van der Waals surface area contributed by atoms with Gasteiger partial charge < -0.3 is 19.4 Å². The Labute approximate surface area is 92.5 Å². The summed E-state index contributed by atoms with van der Waals surface area (Å²) >= 11 is 0. The number of ether oxygens (including phenoxy) is 2. The van der Waals surface area contributed by atoms with Gasteiger partial charge in [0.15, 0.2) is 23.1 Å². The van der Waals surface area contributed by atoms with Crippen LogP contribution in [0.5, 0.6) is 17.2 Å². The Morgan fingerprint density at radius 3 is 2.56 bits per heavy atom. The second-order valence-electron chi connectivity index (χ2n) is 3.04. The Morgan fingerprint density at radius 2 is 2.06 bits per heavy atom. The number of hydrogen-bond acceptors (Lipinski definition) is 5. The number of hydrogen-bond donors (Lipinski definition) is 2. The summed E-state index contributed by atoms with van der Waals surface area (Å²) in [5.74, 6) is 4.12. The quantitative estimate of drug-likeness (QED) is 0.739. The minimum absolute atomic E-state index is 0.135. The number of phenolic OH excluding ortho intramolecular Hbond substituents is 1. The first-order chi connectivity index (χ1) is 7.65. The van der Waals surface area contributed by atoms with E-state index in [2.05, 4.69) is 4.84 Å². The van der Waals surface area contributed by atoms with Crippen molar-refractivity contribution in [3.63, 3.8) is 0 Å². The monoisotopic (exact) mass is 231 g/mol. The lowest BCUT2D eigenvalue weighted by molar-refractivity contribution is 0.140. The van der Waals surface area contributed by atoms with Gasteiger partial charge in [-0.15, -0.1) is 0 Å². The molecule has 1 aromatic rings. The van der Waals surface area contributed by atoms with Gasteiger partial charge in [0, 0.05) is 18.1 Å². The molecule has 0 aliphatic rings. The van der Waals surface area contributed by atoms with E-state index in [1.165, 1.54) is 14.2 Å². The molecule has 1 aromatic carbocycles. The Morgan fingerprint density at radius 1 is 1.38 bits per heavy atom. The Hall–Kier alpha value is -1.53. The number of nitrogens with two attached hydrogens (primary N) is 1. The normalized spacial score (nSPS) is 10.2. The molecule has 0 aliphatic carbocycles. The fourth-order valence-electron chi connectivity index (χ4n) is 1.42. The van der Waals surface area contributed by atoms with Crippen LogP contribution in [0.2, 0.25) is 0 Å². The molecular weight excluding hydrogens is 217 g/mol. The summed E-state index contributed by atoms with van der Waals surface area (Å²) < 4.78 is 23.3. The molecule has 0 aliphatic heterocycles. The van der Waals surface area contributed by atoms with Crippen LogP contribution in [0.1, 0.15) is 5.56 Å². The van der Waals surface area contributed by atoms with E-state index in [0.717, 1.165) is 6.07 Å². The Balaban J connectivity index is 3.23. The number of methoxy groups -OCH3 is 2. The molecule has 0 saturated carbocycles. The molecule has 16 heavy (non-hydrogen) atoms. The lowest BCUT2D eigenvalue weighted by atomic mass is 10.1. The van der Waals surface area contributed by atoms with E-state index in [1.807, 2.05) is 0 Å². The minimum Gasteiger partial charge on any atom is -0.505 e. The summed E-state index contributed by atoms with van der Waals surface area (Å²) in [6.07, 6.45) is 0.222. The largest absolute Gasteiger partial charge is 0.505 e. The number of benzene rings is 1. The molecule has 0 unspecified atom stereocenters. The molecule has 0 saturated heterocycles. The van der Waals surface area contributed by atoms with Crippen molar-refractivity contribution in [3.05, 3.63) is 17.4 Å². The minimum atomic E-state index is -0.773. The molecule has 0 spiro atoms. The van der Waals surface area contributed by atoms with Crippen LogP contribution in [0.4, 0.5) is 4.39 Å². The number of halogens is 1. The van der Waals surface area contributed by atoms with Crippen molar-refractivity contribution in [1.82, 2.24) is 0 Å². The van der Waals surface area contributed by atoms with Crippen LogP contribution in [0, 0.1) is 5.82 Å². The van der Waals surface area contributed by atoms with Crippen LogP contribution in [-0.4, -0.2) is 25.9 Å². The predicted octanol–water partition coefficient (Wildman–Crippen LogP) is 0.981. The van der Waals surface area contributed by atoms with Crippen LogP contribution in [0.15, 0.2) is 6.07 Å². The topological polar surface area (TPSA) is 73.9 Å². The summed E-state index contributed by atoms with van der Waals surface area (Å²) in [4.78, 5) is 4.38. The number of phenols is 1. The average molecular weight is 231 g/mol. The van der Waals surface area contributed by atoms with Crippen molar-refractivity contribution >= 4 is 0 Å². The van der Waals surface area contributed by atoms with E-state index in [1.54, 1.807) is 0 Å². The standard InChI is InChI=1S/C10H14FNO4/c1-14-8-5-7(11)9(13)6(3-4-16-12)10(8)15-2/h5,13H,3-4,12H2,1-2H3. The molecule has 0 heterocycles. The Bertz CT molecular complexity index is 370. The van der Waals surface area contributed by atoms with Crippen LogP contribution in [0.3, 0.4) is 0 Å². The zero-order chi connectivity index (χ0) is 12.1. The number of aromatic hydroxyl groups is 1. The molecule has 6 heteroatoms. The zero-order valence-electron chi connectivity index (χ0n) is 9.12. The van der Waals surface area contributed by atoms with E-state index in [-0.39, 0.29) is 30.1 Å². The first-order valence-corrected chi connectivity index (χ1v) is 4.59. The highest BCUT2D eigenvalue weighted by Gasteiger charge is 2.18. The van der Waals surface area contributed by atoms with Crippen molar-refractivity contribution < 1.29 is 23.8 Å². The first-order valence-electron chi connectivity index (χ1n) is 4.59. The predicted molar refractivity (Wildman–Crippen MR) is 55.0 cm³/mol. The van der Waals surface area contributed by atoms with Crippen molar-refractivity contribution in [2.75, 3.05) is 20.8 Å². The summed E-state index contributed by atoms with van der Waals surface area (Å²) in [6, 6.07) is 1.06. The van der Waals surface area contributed by atoms with Gasteiger partial charge in [0.2, 0.25) is 0 Å². The molecule has 3 N–H and O–H groups in total. The van der Waals surface area contributed by atoms with Gasteiger partial charge in [0.1, 0.15) is 0 Å². The van der Waals surface area contributed by atoms with Gasteiger partial charge in [-0.1, -0.05) is 0 Å². The van der Waals surface area contributed by atoms with E-state index in [9.17, 15) is 9.50 Å². The van der Waals surface area contributed by atoms with E-state index in [4.69, 9.17) is 15.4 Å². The van der Waals surface area contributed by atoms with Crippen LogP contribution >= 0.6 is 0 Å². The van der Waals surface area contributed by atoms with Gasteiger partial charge in [-0.2, -0.15) is 0 Å². The molecule has 5 nitrogen and oxygen atoms in total. The van der Waals surface area contributed by atoms with E-state index >= 15 is 0 Å². The summed E-state index contributed by atoms with van der Waals surface area (Å²) in [5, 5.41) is 9.55. The summed E-state index contributed by atoms with van der Waals surface area (Å²) in [6.45, 7) is 0.135. The maximum Gasteiger partial charge on any atom is 0.169 e. The highest BCUT2D eigenvalue weighted by molar-refractivity contribution is 5.54. The van der Waals surface area contributed by atoms with Crippen LogP contribution in [0.25, 0.3) is 0 Å². The van der Waals surface area contributed by atoms with Crippen molar-refractivity contribution in [3.8, 4) is 17.2 Å². The summed E-state index contributed by atoms with van der Waals surface area (Å²) in [5.41, 5.74) is 0.268. The second-order valence-corrected chi connectivity index (χ2v) is 3.04. The first kappa shape index (κ1) is 12.5. The molecule has 0 atom stereocenters. The van der Waals surface area contributed by atoms with Gasteiger partial charge in [0.05, 0.1) is 20.8 Å². The van der Waals surface area contributed by atoms with Gasteiger partial charge in [0.25, 0.3) is 0 Å². The van der Waals surface area contributed by atoms with Crippen LogP contribution < -0.4 is 15.4 Å². The maximum atomic E-state index is 13.3. The lowest BCUT2D eigenvalue weighted by Gasteiger charge is -2.14. The van der Waals surface area contributed by atoms with Gasteiger partial charge in [-0.05, 0) is 0 Å². The van der Waals surface area contributed by atoms with Gasteiger partial charge in [-0.25, -0.2) is 10.3 Å². The van der Waals surface area contributed by atoms with Crippen molar-refractivity contribution in [2.45, 2.75) is 6.42 Å². The van der Waals surface area contributed by atoms with Crippen molar-refractivity contribution in [1.29, 1.82) is 0 Å². The summed E-state index contributed by atoms with van der Waals surface area (Å²) in [7, 11) is 2.79. The molecule has 0 radical (unpaired) electrons. The second kappa shape index (κ2) is 5.53. The number of rotatable bonds is 5. The third-order valence-electron chi connectivity index (χ3n) is 2.16. The molecule has 1 rings (SSSR count). The van der Waals surface area contributed by atoms with Crippen molar-refractivity contribution in [2.24, 2.45) is 5.90 Å². The van der Waals surface area contributed by atoms with Gasteiger partial charge in [-0.3, -0.25) is 0 Å². The van der Waals surface area contributed by atoms with E-state index in [0.29, 0.717) is 0 Å². The third kappa shape index (κ3) is 2.34. The molecular formula is C10H14FNO4. The lowest BCUT2D eigenvalue weighted by Crippen LogP contribution is -2.06. The highest BCUT2D eigenvalue weighted by Crippen LogP contribution is 2.39. The van der Waals surface area contributed by atoms with E-state index < -0.39 is 11.6 Å². The average Bonchev–Trinajstić information content (AvgIpc) is 2.30. The fraction of sp³-hybridized carbons (Fsp3) is 0.400. The molecule has 0 aromatic heterocycles. The molecule has 0 fully saturated rings. The molecule has 0 amide bonds. The smallest absolute Gasteiger partial charge is 0.169 e.